The van der Waals surface area contributed by atoms with Crippen LogP contribution >= 0.6 is 0 Å². The molecule has 3 aromatic heterocycles. The summed E-state index contributed by atoms with van der Waals surface area (Å²) in [6, 6.07) is 7.69. The molecule has 0 radical (unpaired) electrons. The van der Waals surface area contributed by atoms with Gasteiger partial charge in [0, 0.05) is 19.3 Å². The lowest BCUT2D eigenvalue weighted by molar-refractivity contribution is 0.0594. The SMILES string of the molecule is COC(=O)c1ccc2c(n1)nc(N1CCC3(CC1)CC3)c1cccn12. The van der Waals surface area contributed by atoms with Crippen LogP contribution in [0, 0.1) is 5.41 Å². The van der Waals surface area contributed by atoms with Crippen molar-refractivity contribution in [3.8, 4) is 0 Å². The fourth-order valence-corrected chi connectivity index (χ4v) is 3.96. The van der Waals surface area contributed by atoms with Crippen molar-refractivity contribution in [1.29, 1.82) is 0 Å². The Morgan fingerprint density at radius 1 is 1.08 bits per heavy atom. The third-order valence-corrected chi connectivity index (χ3v) is 5.78. The molecule has 1 aliphatic heterocycles. The second-order valence-electron chi connectivity index (χ2n) is 7.22. The minimum atomic E-state index is -0.438. The van der Waals surface area contributed by atoms with Crippen LogP contribution in [-0.4, -0.2) is 40.5 Å². The van der Waals surface area contributed by atoms with Crippen molar-refractivity contribution in [3.05, 3.63) is 36.2 Å². The van der Waals surface area contributed by atoms with Crippen LogP contribution in [0.25, 0.3) is 16.7 Å². The first-order valence-electron chi connectivity index (χ1n) is 8.80. The lowest BCUT2D eigenvalue weighted by atomic mass is 9.94. The number of hydrogen-bond donors (Lipinski definition) is 0. The Morgan fingerprint density at radius 2 is 1.88 bits per heavy atom. The van der Waals surface area contributed by atoms with E-state index in [9.17, 15) is 4.79 Å². The van der Waals surface area contributed by atoms with Crippen LogP contribution in [0.5, 0.6) is 0 Å². The maximum absolute atomic E-state index is 11.8. The average Bonchev–Trinajstić information content (AvgIpc) is 3.21. The van der Waals surface area contributed by atoms with Crippen LogP contribution in [0.4, 0.5) is 5.82 Å². The summed E-state index contributed by atoms with van der Waals surface area (Å²) in [5, 5.41) is 0. The van der Waals surface area contributed by atoms with Gasteiger partial charge < -0.3 is 14.0 Å². The number of ether oxygens (including phenoxy) is 1. The number of esters is 1. The van der Waals surface area contributed by atoms with Gasteiger partial charge >= 0.3 is 5.97 Å². The Labute approximate surface area is 145 Å². The lowest BCUT2D eigenvalue weighted by Crippen LogP contribution is -2.35. The molecule has 4 heterocycles. The Hall–Kier alpha value is -2.63. The second kappa shape index (κ2) is 5.18. The first kappa shape index (κ1) is 14.7. The number of pyridine rings is 1. The molecule has 0 N–H and O–H groups in total. The van der Waals surface area contributed by atoms with Crippen LogP contribution in [0.3, 0.4) is 0 Å². The Bertz CT molecular complexity index is 980. The highest BCUT2D eigenvalue weighted by molar-refractivity contribution is 5.91. The molecule has 2 aliphatic rings. The number of carbonyl (C=O) groups is 1. The van der Waals surface area contributed by atoms with Gasteiger partial charge in [0.15, 0.2) is 17.2 Å². The van der Waals surface area contributed by atoms with E-state index in [1.165, 1.54) is 32.8 Å². The first-order chi connectivity index (χ1) is 12.2. The third-order valence-electron chi connectivity index (χ3n) is 5.78. The Morgan fingerprint density at radius 3 is 2.60 bits per heavy atom. The molecule has 6 heteroatoms. The number of piperidine rings is 1. The minimum Gasteiger partial charge on any atom is -0.464 e. The molecule has 6 nitrogen and oxygen atoms in total. The Kier molecular flexibility index (Phi) is 3.04. The molecule has 0 bridgehead atoms. The quantitative estimate of drug-likeness (QED) is 0.673. The van der Waals surface area contributed by atoms with Crippen molar-refractivity contribution < 1.29 is 9.53 Å². The average molecular weight is 336 g/mol. The fourth-order valence-electron chi connectivity index (χ4n) is 3.96. The summed E-state index contributed by atoms with van der Waals surface area (Å²) in [5.74, 6) is 0.522. The number of fused-ring (bicyclic) bond motifs is 3. The molecule has 1 saturated carbocycles. The third kappa shape index (κ3) is 2.27. The van der Waals surface area contributed by atoms with Crippen molar-refractivity contribution in [2.24, 2.45) is 5.41 Å². The van der Waals surface area contributed by atoms with Crippen LogP contribution in [0.15, 0.2) is 30.5 Å². The number of anilines is 1. The van der Waals surface area contributed by atoms with Gasteiger partial charge in [0.05, 0.1) is 18.1 Å². The molecule has 3 aromatic rings. The molecule has 0 atom stereocenters. The van der Waals surface area contributed by atoms with E-state index in [4.69, 9.17) is 9.72 Å². The number of nitrogens with zero attached hydrogens (tertiary/aromatic N) is 4. The topological polar surface area (TPSA) is 59.7 Å². The normalized spacial score (nSPS) is 18.8. The lowest BCUT2D eigenvalue weighted by Gasteiger charge is -2.33. The zero-order valence-corrected chi connectivity index (χ0v) is 14.2. The summed E-state index contributed by atoms with van der Waals surface area (Å²) in [4.78, 5) is 23.4. The molecule has 25 heavy (non-hydrogen) atoms. The van der Waals surface area contributed by atoms with E-state index in [2.05, 4.69) is 20.4 Å². The van der Waals surface area contributed by atoms with E-state index in [-0.39, 0.29) is 5.69 Å². The van der Waals surface area contributed by atoms with Crippen molar-refractivity contribution in [3.63, 3.8) is 0 Å². The summed E-state index contributed by atoms with van der Waals surface area (Å²) in [6.07, 6.45) is 7.28. The van der Waals surface area contributed by atoms with Gasteiger partial charge in [0.2, 0.25) is 0 Å². The smallest absolute Gasteiger partial charge is 0.356 e. The van der Waals surface area contributed by atoms with E-state index in [1.54, 1.807) is 6.07 Å². The highest BCUT2D eigenvalue weighted by Crippen LogP contribution is 2.54. The number of methoxy groups -OCH3 is 1. The minimum absolute atomic E-state index is 0.288. The van der Waals surface area contributed by atoms with Crippen LogP contribution in [0.1, 0.15) is 36.2 Å². The summed E-state index contributed by atoms with van der Waals surface area (Å²) < 4.78 is 6.89. The predicted octanol–water partition coefficient (Wildman–Crippen LogP) is 3.05. The largest absolute Gasteiger partial charge is 0.464 e. The molecule has 0 aromatic carbocycles. The van der Waals surface area contributed by atoms with Gasteiger partial charge in [0.1, 0.15) is 0 Å². The van der Waals surface area contributed by atoms with Crippen molar-refractivity contribution in [2.45, 2.75) is 25.7 Å². The highest BCUT2D eigenvalue weighted by atomic mass is 16.5. The van der Waals surface area contributed by atoms with E-state index in [0.29, 0.717) is 11.1 Å². The van der Waals surface area contributed by atoms with Gasteiger partial charge in [-0.2, -0.15) is 0 Å². The zero-order valence-electron chi connectivity index (χ0n) is 14.2. The summed E-state index contributed by atoms with van der Waals surface area (Å²) in [6.45, 7) is 2.08. The van der Waals surface area contributed by atoms with Gasteiger partial charge in [0.25, 0.3) is 0 Å². The number of aromatic nitrogens is 3. The van der Waals surface area contributed by atoms with Crippen LogP contribution < -0.4 is 4.90 Å². The Balaban J connectivity index is 1.63. The van der Waals surface area contributed by atoms with Crippen LogP contribution in [0.2, 0.25) is 0 Å². The molecule has 0 amide bonds. The van der Waals surface area contributed by atoms with E-state index < -0.39 is 5.97 Å². The molecular formula is C19H20N4O2. The van der Waals surface area contributed by atoms with Gasteiger partial charge in [-0.15, -0.1) is 0 Å². The van der Waals surface area contributed by atoms with Gasteiger partial charge in [-0.05, 0) is 55.4 Å². The monoisotopic (exact) mass is 336 g/mol. The van der Waals surface area contributed by atoms with E-state index >= 15 is 0 Å². The molecule has 0 unspecified atom stereocenters. The van der Waals surface area contributed by atoms with E-state index in [0.717, 1.165) is 29.9 Å². The zero-order chi connectivity index (χ0) is 17.0. The summed E-state index contributed by atoms with van der Waals surface area (Å²) in [5.41, 5.74) is 3.48. The molecule has 5 rings (SSSR count). The number of hydrogen-bond acceptors (Lipinski definition) is 5. The summed E-state index contributed by atoms with van der Waals surface area (Å²) >= 11 is 0. The van der Waals surface area contributed by atoms with Crippen LogP contribution in [-0.2, 0) is 4.74 Å². The standard InChI is InChI=1S/C19H20N4O2/c1-25-18(24)13-4-5-14-16(20-13)21-17(15-3-2-10-23(14)15)22-11-8-19(6-7-19)9-12-22/h2-5,10H,6-9,11-12H2,1H3. The van der Waals surface area contributed by atoms with Crippen molar-refractivity contribution in [1.82, 2.24) is 14.4 Å². The number of rotatable bonds is 2. The predicted molar refractivity (Wildman–Crippen MR) is 94.9 cm³/mol. The van der Waals surface area contributed by atoms with Gasteiger partial charge in [-0.3, -0.25) is 0 Å². The first-order valence-corrected chi connectivity index (χ1v) is 8.80. The highest BCUT2D eigenvalue weighted by Gasteiger charge is 2.44. The molecule has 1 saturated heterocycles. The molecule has 1 aliphatic carbocycles. The molecule has 2 fully saturated rings. The fraction of sp³-hybridized carbons (Fsp3) is 0.421. The summed E-state index contributed by atoms with van der Waals surface area (Å²) in [7, 11) is 1.36. The maximum Gasteiger partial charge on any atom is 0.356 e. The maximum atomic E-state index is 11.8. The van der Waals surface area contributed by atoms with Crippen molar-refractivity contribution >= 4 is 28.5 Å². The number of carbonyl (C=O) groups excluding carboxylic acids is 1. The van der Waals surface area contributed by atoms with Crippen molar-refractivity contribution in [2.75, 3.05) is 25.1 Å². The van der Waals surface area contributed by atoms with E-state index in [1.807, 2.05) is 18.3 Å². The van der Waals surface area contributed by atoms with Gasteiger partial charge in [-0.25, -0.2) is 14.8 Å². The molecular weight excluding hydrogens is 316 g/mol. The van der Waals surface area contributed by atoms with Gasteiger partial charge in [-0.1, -0.05) is 0 Å². The second-order valence-corrected chi connectivity index (χ2v) is 7.22. The molecule has 1 spiro atoms. The molecule has 128 valence electrons.